The summed E-state index contributed by atoms with van der Waals surface area (Å²) in [4.78, 5) is 29.1. The lowest BCUT2D eigenvalue weighted by Crippen LogP contribution is -3.10. The summed E-state index contributed by atoms with van der Waals surface area (Å²) in [7, 11) is 0. The van der Waals surface area contributed by atoms with Crippen LogP contribution in [0.2, 0.25) is 5.02 Å². The minimum Gasteiger partial charge on any atom is -0.349 e. The Labute approximate surface area is 170 Å². The van der Waals surface area contributed by atoms with E-state index in [2.05, 4.69) is 5.32 Å². The Morgan fingerprint density at radius 2 is 2.00 bits per heavy atom. The van der Waals surface area contributed by atoms with Gasteiger partial charge in [-0.3, -0.25) is 9.59 Å². The second-order valence-corrected chi connectivity index (χ2v) is 9.14. The zero-order chi connectivity index (χ0) is 19.4. The molecule has 0 aromatic heterocycles. The third-order valence-electron chi connectivity index (χ3n) is 5.31. The molecular weight excluding hydrogens is 382 g/mol. The number of hydrogen-bond donors (Lipinski definition) is 2. The highest BCUT2D eigenvalue weighted by atomic mass is 35.5. The van der Waals surface area contributed by atoms with Crippen LogP contribution in [-0.4, -0.2) is 54.7 Å². The van der Waals surface area contributed by atoms with Crippen LogP contribution in [0.1, 0.15) is 37.6 Å². The molecule has 2 saturated heterocycles. The van der Waals surface area contributed by atoms with E-state index < -0.39 is 6.04 Å². The number of halogens is 1. The van der Waals surface area contributed by atoms with Gasteiger partial charge in [0.25, 0.3) is 0 Å². The van der Waals surface area contributed by atoms with Crippen LogP contribution in [0, 0.1) is 5.92 Å². The number of carbonyl (C=O) groups excluding carboxylic acids is 2. The Bertz CT molecular complexity index is 679. The van der Waals surface area contributed by atoms with E-state index in [1.807, 2.05) is 38.1 Å². The fourth-order valence-electron chi connectivity index (χ4n) is 3.80. The van der Waals surface area contributed by atoms with E-state index in [1.54, 1.807) is 21.6 Å². The topological polar surface area (TPSA) is 53.9 Å². The first-order valence-electron chi connectivity index (χ1n) is 9.78. The zero-order valence-electron chi connectivity index (χ0n) is 16.0. The maximum absolute atomic E-state index is 12.9. The fourth-order valence-corrected chi connectivity index (χ4v) is 5.57. The van der Waals surface area contributed by atoms with E-state index in [0.29, 0.717) is 17.3 Å². The van der Waals surface area contributed by atoms with Gasteiger partial charge in [-0.1, -0.05) is 43.6 Å². The highest BCUT2D eigenvalue weighted by Gasteiger charge is 2.43. The SMILES string of the molecule is CC(C)C(=O)N1[C@@H](c2ccccc2Cl)SC[C@H]1C(=O)NCC[NH+]1CCCC1. The zero-order valence-corrected chi connectivity index (χ0v) is 17.6. The summed E-state index contributed by atoms with van der Waals surface area (Å²) in [6, 6.07) is 7.13. The monoisotopic (exact) mass is 410 g/mol. The predicted molar refractivity (Wildman–Crippen MR) is 110 cm³/mol. The van der Waals surface area contributed by atoms with Crippen molar-refractivity contribution in [1.82, 2.24) is 10.2 Å². The maximum atomic E-state index is 12.9. The predicted octanol–water partition coefficient (Wildman–Crippen LogP) is 1.73. The molecule has 0 radical (unpaired) electrons. The quantitative estimate of drug-likeness (QED) is 0.751. The van der Waals surface area contributed by atoms with Crippen LogP contribution >= 0.6 is 23.4 Å². The van der Waals surface area contributed by atoms with Crippen LogP contribution in [0.4, 0.5) is 0 Å². The van der Waals surface area contributed by atoms with Gasteiger partial charge in [-0.25, -0.2) is 0 Å². The average Bonchev–Trinajstić information content (AvgIpc) is 3.31. The minimum absolute atomic E-state index is 0.00441. The van der Waals surface area contributed by atoms with Gasteiger partial charge in [0, 0.05) is 35.1 Å². The average molecular weight is 411 g/mol. The van der Waals surface area contributed by atoms with E-state index >= 15 is 0 Å². The Morgan fingerprint density at radius 3 is 2.67 bits per heavy atom. The second kappa shape index (κ2) is 9.30. The summed E-state index contributed by atoms with van der Waals surface area (Å²) < 4.78 is 0. The van der Waals surface area contributed by atoms with Crippen molar-refractivity contribution in [2.45, 2.75) is 38.1 Å². The summed E-state index contributed by atoms with van der Waals surface area (Å²) in [5.41, 5.74) is 0.898. The van der Waals surface area contributed by atoms with Crippen LogP contribution < -0.4 is 10.2 Å². The standard InChI is InChI=1S/C20H28ClN3O2S/c1-14(2)19(26)24-17(18(25)22-9-12-23-10-5-6-11-23)13-27-20(24)15-7-3-4-8-16(15)21/h3-4,7-8,14,17,20H,5-6,9-13H2,1-2H3,(H,22,25)/p+1/t17-,20+/m0/s1. The van der Waals surface area contributed by atoms with E-state index in [4.69, 9.17) is 11.6 Å². The van der Waals surface area contributed by atoms with Gasteiger partial charge in [-0.2, -0.15) is 0 Å². The van der Waals surface area contributed by atoms with Gasteiger partial charge in [0.15, 0.2) is 0 Å². The summed E-state index contributed by atoms with van der Waals surface area (Å²) >= 11 is 8.00. The van der Waals surface area contributed by atoms with E-state index in [0.717, 1.165) is 12.1 Å². The molecule has 0 spiro atoms. The number of rotatable bonds is 6. The highest BCUT2D eigenvalue weighted by molar-refractivity contribution is 7.99. The number of hydrogen-bond acceptors (Lipinski definition) is 3. The Morgan fingerprint density at radius 1 is 1.30 bits per heavy atom. The summed E-state index contributed by atoms with van der Waals surface area (Å²) in [5.74, 6) is 0.370. The Hall–Kier alpha value is -1.24. The lowest BCUT2D eigenvalue weighted by molar-refractivity contribution is -0.886. The van der Waals surface area contributed by atoms with Gasteiger partial charge in [0.2, 0.25) is 11.8 Å². The molecule has 5 nitrogen and oxygen atoms in total. The van der Waals surface area contributed by atoms with Crippen LogP contribution in [0.25, 0.3) is 0 Å². The molecule has 2 heterocycles. The van der Waals surface area contributed by atoms with Crippen LogP contribution in [0.3, 0.4) is 0 Å². The van der Waals surface area contributed by atoms with Gasteiger partial charge < -0.3 is 15.1 Å². The second-order valence-electron chi connectivity index (χ2n) is 7.62. The molecule has 3 rings (SSSR count). The van der Waals surface area contributed by atoms with Crippen LogP contribution in [0.5, 0.6) is 0 Å². The minimum atomic E-state index is -0.445. The molecule has 2 aliphatic rings. The number of benzene rings is 1. The molecule has 1 aromatic rings. The molecule has 148 valence electrons. The molecule has 0 bridgehead atoms. The normalized spacial score (nSPS) is 23.2. The van der Waals surface area contributed by atoms with Crippen molar-refractivity contribution in [3.05, 3.63) is 34.9 Å². The molecule has 0 saturated carbocycles. The number of quaternary nitrogens is 1. The first-order chi connectivity index (χ1) is 13.0. The molecule has 2 N–H and O–H groups in total. The van der Waals surface area contributed by atoms with Crippen LogP contribution in [0.15, 0.2) is 24.3 Å². The fraction of sp³-hybridized carbons (Fsp3) is 0.600. The first-order valence-corrected chi connectivity index (χ1v) is 11.2. The highest BCUT2D eigenvalue weighted by Crippen LogP contribution is 2.44. The number of nitrogens with zero attached hydrogens (tertiary/aromatic N) is 1. The number of nitrogens with one attached hydrogen (secondary N) is 2. The Kier molecular flexibility index (Phi) is 7.06. The van der Waals surface area contributed by atoms with Crippen molar-refractivity contribution in [2.75, 3.05) is 31.9 Å². The first kappa shape index (κ1) is 20.5. The molecule has 0 unspecified atom stereocenters. The van der Waals surface area contributed by atoms with Crippen molar-refractivity contribution in [2.24, 2.45) is 5.92 Å². The lowest BCUT2D eigenvalue weighted by Gasteiger charge is -2.31. The molecule has 2 amide bonds. The van der Waals surface area contributed by atoms with E-state index in [9.17, 15) is 9.59 Å². The van der Waals surface area contributed by atoms with Crippen molar-refractivity contribution in [3.63, 3.8) is 0 Å². The smallest absolute Gasteiger partial charge is 0.243 e. The molecule has 27 heavy (non-hydrogen) atoms. The van der Waals surface area contributed by atoms with E-state index in [-0.39, 0.29) is 23.1 Å². The number of carbonyl (C=O) groups is 2. The molecule has 2 fully saturated rings. The largest absolute Gasteiger partial charge is 0.349 e. The molecule has 2 atom stereocenters. The van der Waals surface area contributed by atoms with E-state index in [1.165, 1.54) is 25.9 Å². The van der Waals surface area contributed by atoms with Crippen molar-refractivity contribution in [1.29, 1.82) is 0 Å². The molecule has 7 heteroatoms. The number of amides is 2. The molecule has 2 aliphatic heterocycles. The molecule has 1 aromatic carbocycles. The van der Waals surface area contributed by atoms with Gasteiger partial charge in [-0.05, 0) is 6.07 Å². The summed E-state index contributed by atoms with van der Waals surface area (Å²) in [6.45, 7) is 7.76. The molecule has 0 aliphatic carbocycles. The van der Waals surface area contributed by atoms with Crippen molar-refractivity contribution >= 4 is 35.2 Å². The number of likely N-dealkylation sites (tertiary alicyclic amines) is 1. The van der Waals surface area contributed by atoms with Gasteiger partial charge >= 0.3 is 0 Å². The van der Waals surface area contributed by atoms with Crippen molar-refractivity contribution in [3.8, 4) is 0 Å². The lowest BCUT2D eigenvalue weighted by atomic mass is 10.1. The van der Waals surface area contributed by atoms with Gasteiger partial charge in [0.1, 0.15) is 11.4 Å². The third kappa shape index (κ3) is 4.79. The van der Waals surface area contributed by atoms with Gasteiger partial charge in [-0.15, -0.1) is 11.8 Å². The van der Waals surface area contributed by atoms with Gasteiger partial charge in [0.05, 0.1) is 26.2 Å². The molecular formula is C20H29ClN3O2S+. The third-order valence-corrected chi connectivity index (χ3v) is 6.96. The number of thioether (sulfide) groups is 1. The Balaban J connectivity index is 1.70. The maximum Gasteiger partial charge on any atom is 0.243 e. The van der Waals surface area contributed by atoms with Crippen molar-refractivity contribution < 1.29 is 14.5 Å². The summed E-state index contributed by atoms with van der Waals surface area (Å²) in [6.07, 6.45) is 2.55. The summed E-state index contributed by atoms with van der Waals surface area (Å²) in [5, 5.41) is 3.48. The van der Waals surface area contributed by atoms with Crippen LogP contribution in [-0.2, 0) is 9.59 Å².